The predicted molar refractivity (Wildman–Crippen MR) is 70.2 cm³/mol. The number of nitrogens with one attached hydrogen (secondary N) is 1. The highest BCUT2D eigenvalue weighted by Gasteiger charge is 2.07. The molecule has 0 heterocycles. The molecule has 0 atom stereocenters. The van der Waals surface area contributed by atoms with Gasteiger partial charge < -0.3 is 5.73 Å². The van der Waals surface area contributed by atoms with Gasteiger partial charge in [0.15, 0.2) is 0 Å². The van der Waals surface area contributed by atoms with Crippen molar-refractivity contribution in [2.24, 2.45) is 5.73 Å². The van der Waals surface area contributed by atoms with Crippen LogP contribution in [-0.4, -0.2) is 20.7 Å². The van der Waals surface area contributed by atoms with Gasteiger partial charge in [-0.05, 0) is 37.6 Å². The molecule has 0 fully saturated rings. The predicted octanol–water partition coefficient (Wildman–Crippen LogP) is 1.07. The zero-order chi connectivity index (χ0) is 12.9. The summed E-state index contributed by atoms with van der Waals surface area (Å²) in [6.45, 7) is 3.76. The van der Waals surface area contributed by atoms with E-state index in [1.807, 2.05) is 13.0 Å². The molecule has 0 amide bonds. The van der Waals surface area contributed by atoms with Gasteiger partial charge in [0.05, 0.1) is 12.3 Å². The number of hydrogen-bond donors (Lipinski definition) is 2. The fourth-order valence-corrected chi connectivity index (χ4v) is 1.94. The van der Waals surface area contributed by atoms with Crippen molar-refractivity contribution in [1.29, 1.82) is 0 Å². The summed E-state index contributed by atoms with van der Waals surface area (Å²) in [6, 6.07) is 5.34. The SMILES string of the molecule is CCS(=O)(=O)Nc1cc(C)cc(C#CCN)c1. The van der Waals surface area contributed by atoms with Crippen molar-refractivity contribution >= 4 is 15.7 Å². The summed E-state index contributed by atoms with van der Waals surface area (Å²) in [7, 11) is -3.25. The molecule has 0 saturated carbocycles. The summed E-state index contributed by atoms with van der Waals surface area (Å²) in [5.41, 5.74) is 7.53. The lowest BCUT2D eigenvalue weighted by Crippen LogP contribution is -2.14. The van der Waals surface area contributed by atoms with Crippen LogP contribution >= 0.6 is 0 Å². The second-order valence-corrected chi connectivity index (χ2v) is 5.61. The standard InChI is InChI=1S/C12H16N2O2S/c1-3-17(15,16)14-12-8-10(2)7-11(9-12)5-4-6-13/h7-9,14H,3,6,13H2,1-2H3. The minimum atomic E-state index is -3.25. The van der Waals surface area contributed by atoms with Crippen LogP contribution in [0.25, 0.3) is 0 Å². The minimum Gasteiger partial charge on any atom is -0.320 e. The van der Waals surface area contributed by atoms with Gasteiger partial charge >= 0.3 is 0 Å². The van der Waals surface area contributed by atoms with Gasteiger partial charge in [-0.15, -0.1) is 0 Å². The fourth-order valence-electron chi connectivity index (χ4n) is 1.32. The molecule has 1 aromatic carbocycles. The van der Waals surface area contributed by atoms with Crippen LogP contribution in [-0.2, 0) is 10.0 Å². The average molecular weight is 252 g/mol. The molecule has 3 N–H and O–H groups in total. The smallest absolute Gasteiger partial charge is 0.232 e. The van der Waals surface area contributed by atoms with E-state index in [-0.39, 0.29) is 12.3 Å². The van der Waals surface area contributed by atoms with Gasteiger partial charge in [0.2, 0.25) is 10.0 Å². The van der Waals surface area contributed by atoms with Crippen LogP contribution in [0.2, 0.25) is 0 Å². The molecule has 0 aliphatic heterocycles. The first-order valence-electron chi connectivity index (χ1n) is 5.28. The van der Waals surface area contributed by atoms with Crippen LogP contribution in [0.15, 0.2) is 18.2 Å². The van der Waals surface area contributed by atoms with Gasteiger partial charge in [-0.1, -0.05) is 11.8 Å². The van der Waals surface area contributed by atoms with E-state index in [4.69, 9.17) is 5.73 Å². The number of aryl methyl sites for hydroxylation is 1. The van der Waals surface area contributed by atoms with Crippen molar-refractivity contribution in [3.63, 3.8) is 0 Å². The van der Waals surface area contributed by atoms with E-state index in [9.17, 15) is 8.42 Å². The molecule has 1 rings (SSSR count). The van der Waals surface area contributed by atoms with Gasteiger partial charge in [0.1, 0.15) is 0 Å². The van der Waals surface area contributed by atoms with E-state index < -0.39 is 10.0 Å². The molecule has 4 nitrogen and oxygen atoms in total. The second kappa shape index (κ2) is 5.71. The molecular weight excluding hydrogens is 236 g/mol. The van der Waals surface area contributed by atoms with E-state index in [1.54, 1.807) is 19.1 Å². The van der Waals surface area contributed by atoms with Crippen molar-refractivity contribution in [3.8, 4) is 11.8 Å². The average Bonchev–Trinajstić information content (AvgIpc) is 2.25. The third-order valence-electron chi connectivity index (χ3n) is 2.07. The maximum Gasteiger partial charge on any atom is 0.232 e. The Morgan fingerprint density at radius 3 is 2.65 bits per heavy atom. The molecule has 0 radical (unpaired) electrons. The lowest BCUT2D eigenvalue weighted by molar-refractivity contribution is 0.602. The Hall–Kier alpha value is -1.51. The van der Waals surface area contributed by atoms with Crippen LogP contribution in [0.4, 0.5) is 5.69 Å². The lowest BCUT2D eigenvalue weighted by atomic mass is 10.1. The maximum atomic E-state index is 11.4. The molecule has 0 aliphatic rings. The van der Waals surface area contributed by atoms with Gasteiger partial charge in [-0.25, -0.2) is 8.42 Å². The van der Waals surface area contributed by atoms with Crippen LogP contribution in [0, 0.1) is 18.8 Å². The third-order valence-corrected chi connectivity index (χ3v) is 3.37. The van der Waals surface area contributed by atoms with Gasteiger partial charge in [-0.3, -0.25) is 4.72 Å². The molecular formula is C12H16N2O2S. The Balaban J connectivity index is 3.06. The van der Waals surface area contributed by atoms with Crippen LogP contribution in [0.1, 0.15) is 18.1 Å². The molecule has 5 heteroatoms. The van der Waals surface area contributed by atoms with Crippen LogP contribution in [0.5, 0.6) is 0 Å². The molecule has 92 valence electrons. The molecule has 17 heavy (non-hydrogen) atoms. The van der Waals surface area contributed by atoms with E-state index in [2.05, 4.69) is 16.6 Å². The first-order valence-corrected chi connectivity index (χ1v) is 6.93. The fraction of sp³-hybridized carbons (Fsp3) is 0.333. The Morgan fingerprint density at radius 2 is 2.06 bits per heavy atom. The Labute approximate surface area is 102 Å². The van der Waals surface area contributed by atoms with Crippen molar-refractivity contribution in [2.45, 2.75) is 13.8 Å². The van der Waals surface area contributed by atoms with E-state index in [1.165, 1.54) is 0 Å². The van der Waals surface area contributed by atoms with Gasteiger partial charge in [0.25, 0.3) is 0 Å². The highest BCUT2D eigenvalue weighted by atomic mass is 32.2. The number of benzene rings is 1. The molecule has 0 aromatic heterocycles. The first-order chi connectivity index (χ1) is 7.96. The van der Waals surface area contributed by atoms with Crippen molar-refractivity contribution in [3.05, 3.63) is 29.3 Å². The topological polar surface area (TPSA) is 72.2 Å². The molecule has 0 saturated heterocycles. The number of sulfonamides is 1. The first kappa shape index (κ1) is 13.6. The zero-order valence-corrected chi connectivity index (χ0v) is 10.8. The highest BCUT2D eigenvalue weighted by Crippen LogP contribution is 2.15. The van der Waals surface area contributed by atoms with Crippen LogP contribution in [0.3, 0.4) is 0 Å². The van der Waals surface area contributed by atoms with E-state index in [0.29, 0.717) is 5.69 Å². The monoisotopic (exact) mass is 252 g/mol. The number of hydrogen-bond acceptors (Lipinski definition) is 3. The summed E-state index contributed by atoms with van der Waals surface area (Å²) in [5, 5.41) is 0. The van der Waals surface area contributed by atoms with Gasteiger partial charge in [0, 0.05) is 11.3 Å². The summed E-state index contributed by atoms with van der Waals surface area (Å²) in [5.74, 6) is 5.66. The quantitative estimate of drug-likeness (QED) is 0.790. The lowest BCUT2D eigenvalue weighted by Gasteiger charge is -2.07. The normalized spacial score (nSPS) is 10.5. The summed E-state index contributed by atoms with van der Waals surface area (Å²) >= 11 is 0. The summed E-state index contributed by atoms with van der Waals surface area (Å²) < 4.78 is 25.4. The van der Waals surface area contributed by atoms with E-state index >= 15 is 0 Å². The number of nitrogens with two attached hydrogens (primary N) is 1. The second-order valence-electron chi connectivity index (χ2n) is 3.60. The van der Waals surface area contributed by atoms with Gasteiger partial charge in [-0.2, -0.15) is 0 Å². The Bertz CT molecular complexity index is 554. The molecule has 0 unspecified atom stereocenters. The highest BCUT2D eigenvalue weighted by molar-refractivity contribution is 7.92. The number of rotatable bonds is 3. The molecule has 0 spiro atoms. The molecule has 0 aliphatic carbocycles. The minimum absolute atomic E-state index is 0.0464. The Morgan fingerprint density at radius 1 is 1.35 bits per heavy atom. The van der Waals surface area contributed by atoms with Crippen molar-refractivity contribution in [1.82, 2.24) is 0 Å². The molecule has 0 bridgehead atoms. The maximum absolute atomic E-state index is 11.4. The third kappa shape index (κ3) is 4.47. The van der Waals surface area contributed by atoms with Crippen molar-refractivity contribution < 1.29 is 8.42 Å². The molecule has 1 aromatic rings. The summed E-state index contributed by atoms with van der Waals surface area (Å²) in [4.78, 5) is 0. The largest absolute Gasteiger partial charge is 0.320 e. The van der Waals surface area contributed by atoms with Crippen molar-refractivity contribution in [2.75, 3.05) is 17.0 Å². The zero-order valence-electron chi connectivity index (χ0n) is 9.95. The number of anilines is 1. The summed E-state index contributed by atoms with van der Waals surface area (Å²) in [6.07, 6.45) is 0. The van der Waals surface area contributed by atoms with Crippen LogP contribution < -0.4 is 10.5 Å². The Kier molecular flexibility index (Phi) is 4.55. The van der Waals surface area contributed by atoms with E-state index in [0.717, 1.165) is 11.1 Å².